The highest BCUT2D eigenvalue weighted by Gasteiger charge is 1.60. The molecule has 2 rings (SSSR count). The van der Waals surface area contributed by atoms with Gasteiger partial charge < -0.3 is 0 Å². The molecular weight excluding hydrogens is 154 g/mol. The third-order valence-electron chi connectivity index (χ3n) is 0.878. The summed E-state index contributed by atoms with van der Waals surface area (Å²) in [5, 5.41) is 0. The zero-order valence-electron chi connectivity index (χ0n) is 6.28. The predicted molar refractivity (Wildman–Crippen MR) is 41.9 cm³/mol. The van der Waals surface area contributed by atoms with Gasteiger partial charge in [-0.1, -0.05) is 0 Å². The molecule has 0 atom stereocenters. The van der Waals surface area contributed by atoms with Crippen molar-refractivity contribution in [1.82, 2.24) is 24.9 Å². The highest BCUT2D eigenvalue weighted by molar-refractivity contribution is 4.70. The van der Waals surface area contributed by atoms with Crippen molar-refractivity contribution in [2.24, 2.45) is 0 Å². The molecule has 0 aliphatic heterocycles. The molecule has 0 N–H and O–H groups in total. The van der Waals surface area contributed by atoms with Crippen molar-refractivity contribution in [2.45, 2.75) is 0 Å². The average Bonchev–Trinajstić information content (AvgIpc) is 2.24. The Morgan fingerprint density at radius 3 is 0.917 bits per heavy atom. The molecule has 2 aromatic heterocycles. The Labute approximate surface area is 69.6 Å². The lowest BCUT2D eigenvalue weighted by atomic mass is 10.8. The minimum absolute atomic E-state index is 1.44. The van der Waals surface area contributed by atoms with Gasteiger partial charge in [0.1, 0.15) is 19.0 Å². The van der Waals surface area contributed by atoms with Gasteiger partial charge in [0.2, 0.25) is 0 Å². The second-order valence-electron chi connectivity index (χ2n) is 1.69. The van der Waals surface area contributed by atoms with Crippen molar-refractivity contribution in [3.63, 3.8) is 0 Å². The molecule has 0 aliphatic rings. The van der Waals surface area contributed by atoms with Gasteiger partial charge >= 0.3 is 0 Å². The van der Waals surface area contributed by atoms with Gasteiger partial charge in [0.25, 0.3) is 0 Å². The second kappa shape index (κ2) is 5.84. The zero-order valence-corrected chi connectivity index (χ0v) is 6.28. The van der Waals surface area contributed by atoms with Crippen LogP contribution in [0.25, 0.3) is 0 Å². The van der Waals surface area contributed by atoms with E-state index in [0.29, 0.717) is 0 Å². The van der Waals surface area contributed by atoms with E-state index in [1.807, 2.05) is 0 Å². The van der Waals surface area contributed by atoms with Gasteiger partial charge in [-0.15, -0.1) is 0 Å². The standard InChI is InChI=1S/C4H4N2.C3H3N3/c1-2-6-4-3-5-1;1-4-2-6-3-5-1/h1-4H;1-3H. The number of rotatable bonds is 0. The molecule has 2 aromatic rings. The van der Waals surface area contributed by atoms with Crippen LogP contribution < -0.4 is 0 Å². The number of aromatic nitrogens is 5. The Kier molecular flexibility index (Phi) is 3.99. The van der Waals surface area contributed by atoms with Crippen molar-refractivity contribution in [3.05, 3.63) is 43.8 Å². The topological polar surface area (TPSA) is 64.5 Å². The monoisotopic (exact) mass is 161 g/mol. The van der Waals surface area contributed by atoms with E-state index in [4.69, 9.17) is 0 Å². The van der Waals surface area contributed by atoms with Gasteiger partial charge in [-0.3, -0.25) is 9.97 Å². The molecule has 60 valence electrons. The normalized spacial score (nSPS) is 8.00. The molecule has 0 bridgehead atoms. The van der Waals surface area contributed by atoms with E-state index < -0.39 is 0 Å². The second-order valence-corrected chi connectivity index (χ2v) is 1.69. The van der Waals surface area contributed by atoms with E-state index in [-0.39, 0.29) is 0 Å². The van der Waals surface area contributed by atoms with E-state index in [9.17, 15) is 0 Å². The maximum absolute atomic E-state index is 3.72. The molecular formula is C7H7N5. The SMILES string of the molecule is c1cnccn1.c1ncncn1. The lowest BCUT2D eigenvalue weighted by Crippen LogP contribution is -1.73. The summed E-state index contributed by atoms with van der Waals surface area (Å²) in [5.41, 5.74) is 0. The average molecular weight is 161 g/mol. The van der Waals surface area contributed by atoms with Crippen molar-refractivity contribution < 1.29 is 0 Å². The first-order valence-electron chi connectivity index (χ1n) is 3.25. The molecule has 0 aliphatic carbocycles. The molecule has 0 radical (unpaired) electrons. The van der Waals surface area contributed by atoms with Crippen LogP contribution in [-0.2, 0) is 0 Å². The van der Waals surface area contributed by atoms with Crippen LogP contribution >= 0.6 is 0 Å². The summed E-state index contributed by atoms with van der Waals surface area (Å²) in [6.45, 7) is 0. The summed E-state index contributed by atoms with van der Waals surface area (Å²) >= 11 is 0. The largest absolute Gasteiger partial charge is 0.262 e. The van der Waals surface area contributed by atoms with Gasteiger partial charge in [-0.2, -0.15) is 0 Å². The third kappa shape index (κ3) is 3.99. The first-order chi connectivity index (χ1) is 6.00. The molecule has 0 saturated heterocycles. The van der Waals surface area contributed by atoms with Gasteiger partial charge in [0.05, 0.1) is 0 Å². The van der Waals surface area contributed by atoms with Gasteiger partial charge in [0, 0.05) is 24.8 Å². The van der Waals surface area contributed by atoms with Gasteiger partial charge in [-0.25, -0.2) is 15.0 Å². The summed E-state index contributed by atoms with van der Waals surface area (Å²) in [4.78, 5) is 18.1. The van der Waals surface area contributed by atoms with Crippen LogP contribution in [0.4, 0.5) is 0 Å². The lowest BCUT2D eigenvalue weighted by Gasteiger charge is -1.70. The van der Waals surface area contributed by atoms with Crippen LogP contribution in [0, 0.1) is 0 Å². The molecule has 0 fully saturated rings. The molecule has 2 heterocycles. The zero-order chi connectivity index (χ0) is 8.49. The van der Waals surface area contributed by atoms with E-state index >= 15 is 0 Å². The Morgan fingerprint density at radius 2 is 0.750 bits per heavy atom. The molecule has 0 unspecified atom stereocenters. The van der Waals surface area contributed by atoms with Crippen molar-refractivity contribution in [3.8, 4) is 0 Å². The van der Waals surface area contributed by atoms with Gasteiger partial charge in [-0.05, 0) is 0 Å². The maximum Gasteiger partial charge on any atom is 0.119 e. The van der Waals surface area contributed by atoms with E-state index in [1.165, 1.54) is 19.0 Å². The Hall–Kier alpha value is -1.91. The smallest absolute Gasteiger partial charge is 0.119 e. The summed E-state index contributed by atoms with van der Waals surface area (Å²) in [6.07, 6.45) is 10.9. The first-order valence-corrected chi connectivity index (χ1v) is 3.25. The number of hydrogen-bond donors (Lipinski definition) is 0. The quantitative estimate of drug-likeness (QED) is 0.557. The van der Waals surface area contributed by atoms with E-state index in [1.54, 1.807) is 24.8 Å². The lowest BCUT2D eigenvalue weighted by molar-refractivity contribution is 1.05. The van der Waals surface area contributed by atoms with Crippen LogP contribution in [0.2, 0.25) is 0 Å². The van der Waals surface area contributed by atoms with Crippen LogP contribution in [0.3, 0.4) is 0 Å². The molecule has 0 saturated carbocycles. The van der Waals surface area contributed by atoms with Crippen molar-refractivity contribution in [1.29, 1.82) is 0 Å². The van der Waals surface area contributed by atoms with Crippen molar-refractivity contribution >= 4 is 0 Å². The summed E-state index contributed by atoms with van der Waals surface area (Å²) in [6, 6.07) is 0. The molecule has 0 spiro atoms. The van der Waals surface area contributed by atoms with Crippen LogP contribution in [0.15, 0.2) is 43.8 Å². The Morgan fingerprint density at radius 1 is 0.417 bits per heavy atom. The Bertz CT molecular complexity index is 187. The summed E-state index contributed by atoms with van der Waals surface area (Å²) in [7, 11) is 0. The molecule has 12 heavy (non-hydrogen) atoms. The van der Waals surface area contributed by atoms with Crippen LogP contribution in [0.1, 0.15) is 0 Å². The number of nitrogens with zero attached hydrogens (tertiary/aromatic N) is 5. The molecule has 5 nitrogen and oxygen atoms in total. The Balaban J connectivity index is 0.000000120. The minimum atomic E-state index is 1.44. The summed E-state index contributed by atoms with van der Waals surface area (Å²) in [5.74, 6) is 0. The van der Waals surface area contributed by atoms with Crippen LogP contribution in [0.5, 0.6) is 0 Å². The maximum atomic E-state index is 3.72. The van der Waals surface area contributed by atoms with Crippen LogP contribution in [-0.4, -0.2) is 24.9 Å². The van der Waals surface area contributed by atoms with Crippen molar-refractivity contribution in [2.75, 3.05) is 0 Å². The predicted octanol–water partition coefficient (Wildman–Crippen LogP) is 0.348. The number of hydrogen-bond acceptors (Lipinski definition) is 5. The highest BCUT2D eigenvalue weighted by Crippen LogP contribution is 1.65. The first kappa shape index (κ1) is 8.19. The fourth-order valence-electron chi connectivity index (χ4n) is 0.458. The van der Waals surface area contributed by atoms with E-state index in [0.717, 1.165) is 0 Å². The fourth-order valence-corrected chi connectivity index (χ4v) is 0.458. The summed E-state index contributed by atoms with van der Waals surface area (Å²) < 4.78 is 0. The molecule has 0 aromatic carbocycles. The van der Waals surface area contributed by atoms with E-state index in [2.05, 4.69) is 24.9 Å². The minimum Gasteiger partial charge on any atom is -0.262 e. The third-order valence-corrected chi connectivity index (χ3v) is 0.878. The van der Waals surface area contributed by atoms with Gasteiger partial charge in [0.15, 0.2) is 0 Å². The highest BCUT2D eigenvalue weighted by atomic mass is 14.9. The fraction of sp³-hybridized carbons (Fsp3) is 0. The molecule has 0 amide bonds. The molecule has 5 heteroatoms.